The van der Waals surface area contributed by atoms with Crippen LogP contribution in [0.3, 0.4) is 0 Å². The first-order valence-electron chi connectivity index (χ1n) is 7.99. The molecule has 2 rings (SSSR count). The van der Waals surface area contributed by atoms with Crippen molar-refractivity contribution in [3.63, 3.8) is 0 Å². The molecule has 0 bridgehead atoms. The first kappa shape index (κ1) is 20.5. The van der Waals surface area contributed by atoms with Gasteiger partial charge in [0.2, 0.25) is 5.91 Å². The van der Waals surface area contributed by atoms with Crippen LogP contribution in [-0.2, 0) is 11.2 Å². The number of guanidine groups is 1. The number of carbonyl (C=O) groups is 1. The molecule has 1 aromatic rings. The monoisotopic (exact) mass is 446 g/mol. The number of ether oxygens (including phenoxy) is 1. The smallest absolute Gasteiger partial charge is 0.224 e. The summed E-state index contributed by atoms with van der Waals surface area (Å²) in [5.74, 6) is 1.27. The number of fused-ring (bicyclic) bond motifs is 1. The molecule has 1 aliphatic heterocycles. The minimum absolute atomic E-state index is 0. The number of carbonyl (C=O) groups excluding carboxylic acids is 1. The van der Waals surface area contributed by atoms with Crippen LogP contribution in [0.2, 0.25) is 0 Å². The highest BCUT2D eigenvalue weighted by molar-refractivity contribution is 14.0. The van der Waals surface area contributed by atoms with Crippen LogP contribution in [0.15, 0.2) is 29.3 Å². The molecule has 1 unspecified atom stereocenters. The fourth-order valence-electron chi connectivity index (χ4n) is 2.27. The molecule has 0 saturated carbocycles. The van der Waals surface area contributed by atoms with Crippen molar-refractivity contribution in [1.29, 1.82) is 0 Å². The number of nitrogens with zero attached hydrogens (tertiary/aromatic N) is 1. The zero-order valence-corrected chi connectivity index (χ0v) is 16.8. The molecular formula is C17H27IN4O2. The lowest BCUT2D eigenvalue weighted by Gasteiger charge is -2.20. The Morgan fingerprint density at radius 3 is 2.71 bits per heavy atom. The van der Waals surface area contributed by atoms with Crippen molar-refractivity contribution in [3.05, 3.63) is 29.8 Å². The first-order valence-corrected chi connectivity index (χ1v) is 7.99. The van der Waals surface area contributed by atoms with Crippen LogP contribution in [0.5, 0.6) is 5.75 Å². The Balaban J connectivity index is 0.00000288. The second-order valence-electron chi connectivity index (χ2n) is 6.38. The average molecular weight is 446 g/mol. The second-order valence-corrected chi connectivity index (χ2v) is 6.38. The van der Waals surface area contributed by atoms with E-state index in [1.54, 1.807) is 13.8 Å². The van der Waals surface area contributed by atoms with Gasteiger partial charge >= 0.3 is 0 Å². The molecule has 24 heavy (non-hydrogen) atoms. The van der Waals surface area contributed by atoms with Gasteiger partial charge in [-0.1, -0.05) is 18.2 Å². The maximum Gasteiger partial charge on any atom is 0.224 e. The summed E-state index contributed by atoms with van der Waals surface area (Å²) in [6.07, 6.45) is 0.968. The van der Waals surface area contributed by atoms with Crippen LogP contribution in [0.25, 0.3) is 0 Å². The maximum absolute atomic E-state index is 11.4. The van der Waals surface area contributed by atoms with Crippen LogP contribution in [0.1, 0.15) is 26.3 Å². The van der Waals surface area contributed by atoms with Crippen LogP contribution in [0.4, 0.5) is 0 Å². The Labute approximate surface area is 160 Å². The number of primary amides is 1. The summed E-state index contributed by atoms with van der Waals surface area (Å²) < 4.78 is 5.90. The number of amides is 1. The SMILES string of the molecule is CCNC(=NCC(C)(C)C(N)=O)NCC1Cc2ccccc2O1.I. The van der Waals surface area contributed by atoms with Crippen molar-refractivity contribution in [2.75, 3.05) is 19.6 Å². The van der Waals surface area contributed by atoms with E-state index in [9.17, 15) is 4.79 Å². The van der Waals surface area contributed by atoms with Gasteiger partial charge in [-0.3, -0.25) is 9.79 Å². The Kier molecular flexibility index (Phi) is 7.78. The predicted molar refractivity (Wildman–Crippen MR) is 107 cm³/mol. The topological polar surface area (TPSA) is 88.7 Å². The van der Waals surface area contributed by atoms with E-state index in [2.05, 4.69) is 21.7 Å². The molecule has 0 fully saturated rings. The molecule has 6 nitrogen and oxygen atoms in total. The molecule has 1 amide bonds. The van der Waals surface area contributed by atoms with Crippen molar-refractivity contribution < 1.29 is 9.53 Å². The highest BCUT2D eigenvalue weighted by atomic mass is 127. The molecular weight excluding hydrogens is 419 g/mol. The van der Waals surface area contributed by atoms with Crippen LogP contribution in [0, 0.1) is 5.41 Å². The molecule has 0 spiro atoms. The molecule has 1 aromatic carbocycles. The zero-order valence-electron chi connectivity index (χ0n) is 14.5. The van der Waals surface area contributed by atoms with Gasteiger partial charge in [0.25, 0.3) is 0 Å². The highest BCUT2D eigenvalue weighted by Gasteiger charge is 2.25. The van der Waals surface area contributed by atoms with Gasteiger partial charge in [-0.25, -0.2) is 0 Å². The number of halogens is 1. The molecule has 7 heteroatoms. The fourth-order valence-corrected chi connectivity index (χ4v) is 2.27. The Hall–Kier alpha value is -1.51. The molecule has 1 heterocycles. The number of para-hydroxylation sites is 1. The number of hydrogen-bond donors (Lipinski definition) is 3. The number of benzene rings is 1. The Bertz CT molecular complexity index is 565. The number of nitrogens with one attached hydrogen (secondary N) is 2. The number of hydrogen-bond acceptors (Lipinski definition) is 3. The van der Waals surface area contributed by atoms with E-state index < -0.39 is 5.41 Å². The van der Waals surface area contributed by atoms with Crippen molar-refractivity contribution in [2.45, 2.75) is 33.3 Å². The molecule has 134 valence electrons. The third kappa shape index (κ3) is 5.54. The van der Waals surface area contributed by atoms with Gasteiger partial charge in [-0.2, -0.15) is 0 Å². The zero-order chi connectivity index (χ0) is 16.9. The largest absolute Gasteiger partial charge is 0.488 e. The minimum atomic E-state index is -0.664. The second kappa shape index (κ2) is 9.10. The molecule has 4 N–H and O–H groups in total. The maximum atomic E-state index is 11.4. The van der Waals surface area contributed by atoms with Gasteiger partial charge in [0.05, 0.1) is 18.5 Å². The van der Waals surface area contributed by atoms with Gasteiger partial charge in [0.15, 0.2) is 5.96 Å². The lowest BCUT2D eigenvalue weighted by atomic mass is 9.93. The van der Waals surface area contributed by atoms with E-state index in [0.717, 1.165) is 18.7 Å². The molecule has 0 radical (unpaired) electrons. The van der Waals surface area contributed by atoms with Crippen LogP contribution < -0.4 is 21.1 Å². The minimum Gasteiger partial charge on any atom is -0.488 e. The summed E-state index contributed by atoms with van der Waals surface area (Å²) in [7, 11) is 0. The van der Waals surface area contributed by atoms with Crippen LogP contribution in [-0.4, -0.2) is 37.6 Å². The lowest BCUT2D eigenvalue weighted by Crippen LogP contribution is -2.43. The molecule has 0 aromatic heterocycles. The van der Waals surface area contributed by atoms with Gasteiger partial charge in [0.1, 0.15) is 11.9 Å². The normalized spacial score (nSPS) is 16.6. The van der Waals surface area contributed by atoms with E-state index in [-0.39, 0.29) is 36.0 Å². The quantitative estimate of drug-likeness (QED) is 0.353. The average Bonchev–Trinajstić information content (AvgIpc) is 2.92. The Morgan fingerprint density at radius 1 is 1.38 bits per heavy atom. The standard InChI is InChI=1S/C17H26N4O2.HI/c1-4-19-16(21-11-17(2,3)15(18)22)20-10-13-9-12-7-5-6-8-14(12)23-13;/h5-8,13H,4,9-11H2,1-3H3,(H2,18,22)(H2,19,20,21);1H. The van der Waals surface area contributed by atoms with Crippen molar-refractivity contribution in [2.24, 2.45) is 16.1 Å². The van der Waals surface area contributed by atoms with Gasteiger partial charge < -0.3 is 21.1 Å². The van der Waals surface area contributed by atoms with E-state index in [1.165, 1.54) is 5.56 Å². The molecule has 1 aliphatic rings. The summed E-state index contributed by atoms with van der Waals surface area (Å²) in [5.41, 5.74) is 5.95. The lowest BCUT2D eigenvalue weighted by molar-refractivity contribution is -0.125. The fraction of sp³-hybridized carbons (Fsp3) is 0.529. The number of aliphatic imine (C=N–C) groups is 1. The highest BCUT2D eigenvalue weighted by Crippen LogP contribution is 2.27. The summed E-state index contributed by atoms with van der Waals surface area (Å²) in [6, 6.07) is 8.08. The summed E-state index contributed by atoms with van der Waals surface area (Å²) >= 11 is 0. The molecule has 1 atom stereocenters. The van der Waals surface area contributed by atoms with E-state index >= 15 is 0 Å². The predicted octanol–water partition coefficient (Wildman–Crippen LogP) is 1.67. The van der Waals surface area contributed by atoms with E-state index in [1.807, 2.05) is 25.1 Å². The van der Waals surface area contributed by atoms with Gasteiger partial charge in [-0.05, 0) is 32.4 Å². The molecule has 0 aliphatic carbocycles. The molecule has 0 saturated heterocycles. The third-order valence-electron chi connectivity index (χ3n) is 3.85. The summed E-state index contributed by atoms with van der Waals surface area (Å²) in [4.78, 5) is 15.8. The van der Waals surface area contributed by atoms with E-state index in [4.69, 9.17) is 10.5 Å². The van der Waals surface area contributed by atoms with Crippen molar-refractivity contribution in [3.8, 4) is 5.75 Å². The number of nitrogens with two attached hydrogens (primary N) is 1. The third-order valence-corrected chi connectivity index (χ3v) is 3.85. The first-order chi connectivity index (χ1) is 10.9. The van der Waals surface area contributed by atoms with Gasteiger partial charge in [0, 0.05) is 13.0 Å². The van der Waals surface area contributed by atoms with Crippen molar-refractivity contribution in [1.82, 2.24) is 10.6 Å². The van der Waals surface area contributed by atoms with Crippen molar-refractivity contribution >= 4 is 35.8 Å². The van der Waals surface area contributed by atoms with E-state index in [0.29, 0.717) is 19.0 Å². The summed E-state index contributed by atoms with van der Waals surface area (Å²) in [5, 5.41) is 6.44. The van der Waals surface area contributed by atoms with Crippen LogP contribution >= 0.6 is 24.0 Å². The summed E-state index contributed by atoms with van der Waals surface area (Å²) in [6.45, 7) is 7.31. The van der Waals surface area contributed by atoms with Gasteiger partial charge in [-0.15, -0.1) is 24.0 Å². The Morgan fingerprint density at radius 2 is 2.08 bits per heavy atom. The number of rotatable bonds is 6.